The third kappa shape index (κ3) is 2.52. The fourth-order valence-corrected chi connectivity index (χ4v) is 3.46. The number of hydrogen-bond acceptors (Lipinski definition) is 3. The molecule has 5 rings (SSSR count). The van der Waals surface area contributed by atoms with E-state index < -0.39 is 0 Å². The molecule has 0 saturated carbocycles. The zero-order valence-corrected chi connectivity index (χ0v) is 14.5. The van der Waals surface area contributed by atoms with Gasteiger partial charge in [0.15, 0.2) is 0 Å². The number of pyridine rings is 2. The Morgan fingerprint density at radius 2 is 1.92 bits per heavy atom. The molecule has 0 unspecified atom stereocenters. The Bertz CT molecular complexity index is 998. The first-order chi connectivity index (χ1) is 12.4. The Balaban J connectivity index is 0.000000758. The van der Waals surface area contributed by atoms with Crippen molar-refractivity contribution in [2.75, 3.05) is 0 Å². The minimum Gasteiger partial charge on any atom is -0.346 e. The van der Waals surface area contributed by atoms with Crippen LogP contribution in [0.15, 0.2) is 48.9 Å². The highest BCUT2D eigenvalue weighted by Crippen LogP contribution is 2.39. The standard InChI is InChI=1S/C18H15N5.C2H6/c1-2-8-19-14(6-1)17-16(15-7-4-10-23(15)22-17)13-11-21-18-12(13)5-3-9-20-18;1-2/h1-3,5-6,8-9,11H,4,7,10H2,(H,20,21);1-2H3. The lowest BCUT2D eigenvalue weighted by atomic mass is 10.00. The molecule has 5 heteroatoms. The van der Waals surface area contributed by atoms with Gasteiger partial charge in [-0.1, -0.05) is 19.9 Å². The molecule has 0 aliphatic carbocycles. The van der Waals surface area contributed by atoms with Crippen LogP contribution in [0.4, 0.5) is 0 Å². The second kappa shape index (κ2) is 6.51. The number of fused-ring (bicyclic) bond motifs is 2. The molecular weight excluding hydrogens is 310 g/mol. The van der Waals surface area contributed by atoms with Crippen molar-refractivity contribution in [1.29, 1.82) is 0 Å². The van der Waals surface area contributed by atoms with Crippen molar-refractivity contribution in [2.24, 2.45) is 0 Å². The molecule has 0 radical (unpaired) electrons. The highest BCUT2D eigenvalue weighted by molar-refractivity contribution is 5.98. The number of nitrogens with one attached hydrogen (secondary N) is 1. The molecule has 4 aromatic rings. The van der Waals surface area contributed by atoms with Crippen LogP contribution < -0.4 is 0 Å². The number of H-pyrrole nitrogens is 1. The normalized spacial score (nSPS) is 12.7. The summed E-state index contributed by atoms with van der Waals surface area (Å²) in [6.07, 6.45) is 7.88. The second-order valence-electron chi connectivity index (χ2n) is 5.81. The van der Waals surface area contributed by atoms with Gasteiger partial charge in [-0.05, 0) is 37.1 Å². The zero-order valence-electron chi connectivity index (χ0n) is 14.5. The van der Waals surface area contributed by atoms with E-state index in [1.165, 1.54) is 11.3 Å². The molecule has 0 saturated heterocycles. The first-order valence-electron chi connectivity index (χ1n) is 8.85. The molecular formula is C20H21N5. The number of rotatable bonds is 2. The van der Waals surface area contributed by atoms with Gasteiger partial charge in [-0.15, -0.1) is 0 Å². The molecule has 0 amide bonds. The van der Waals surface area contributed by atoms with Crippen molar-refractivity contribution in [1.82, 2.24) is 24.7 Å². The van der Waals surface area contributed by atoms with Crippen LogP contribution in [0.2, 0.25) is 0 Å². The van der Waals surface area contributed by atoms with Crippen LogP contribution >= 0.6 is 0 Å². The number of aromatic amines is 1. The fourth-order valence-electron chi connectivity index (χ4n) is 3.46. The van der Waals surface area contributed by atoms with E-state index in [9.17, 15) is 0 Å². The fraction of sp³-hybridized carbons (Fsp3) is 0.250. The van der Waals surface area contributed by atoms with Gasteiger partial charge in [-0.3, -0.25) is 9.67 Å². The first-order valence-corrected chi connectivity index (χ1v) is 8.85. The smallest absolute Gasteiger partial charge is 0.137 e. The number of aromatic nitrogens is 5. The van der Waals surface area contributed by atoms with Gasteiger partial charge in [0.2, 0.25) is 0 Å². The molecule has 5 nitrogen and oxygen atoms in total. The highest BCUT2D eigenvalue weighted by Gasteiger charge is 2.25. The SMILES string of the molecule is CC.c1ccc(-c2nn3c(c2-c2c[nH]c4ncccc24)CCC3)nc1. The summed E-state index contributed by atoms with van der Waals surface area (Å²) in [7, 11) is 0. The number of nitrogens with zero attached hydrogens (tertiary/aromatic N) is 4. The summed E-state index contributed by atoms with van der Waals surface area (Å²) in [4.78, 5) is 12.2. The summed E-state index contributed by atoms with van der Waals surface area (Å²) in [5, 5.41) is 5.98. The second-order valence-corrected chi connectivity index (χ2v) is 5.81. The van der Waals surface area contributed by atoms with Gasteiger partial charge in [0, 0.05) is 47.3 Å². The maximum absolute atomic E-state index is 4.84. The third-order valence-electron chi connectivity index (χ3n) is 4.47. The van der Waals surface area contributed by atoms with E-state index in [-0.39, 0.29) is 0 Å². The minimum atomic E-state index is 0.910. The maximum atomic E-state index is 4.84. The van der Waals surface area contributed by atoms with Crippen molar-refractivity contribution < 1.29 is 0 Å². The van der Waals surface area contributed by atoms with E-state index >= 15 is 0 Å². The quantitative estimate of drug-likeness (QED) is 0.590. The molecule has 1 aliphatic rings. The molecule has 4 aromatic heterocycles. The Kier molecular flexibility index (Phi) is 4.06. The molecule has 0 bridgehead atoms. The van der Waals surface area contributed by atoms with Crippen molar-refractivity contribution in [3.8, 4) is 22.5 Å². The third-order valence-corrected chi connectivity index (χ3v) is 4.47. The average Bonchev–Trinajstić information content (AvgIpc) is 3.38. The Hall–Kier alpha value is -2.95. The van der Waals surface area contributed by atoms with Crippen LogP contribution in [0.1, 0.15) is 26.0 Å². The zero-order chi connectivity index (χ0) is 17.2. The largest absolute Gasteiger partial charge is 0.346 e. The van der Waals surface area contributed by atoms with Gasteiger partial charge in [0.1, 0.15) is 11.3 Å². The summed E-state index contributed by atoms with van der Waals surface area (Å²) in [6, 6.07) is 10.0. The predicted octanol–water partition coefficient (Wildman–Crippen LogP) is 4.46. The summed E-state index contributed by atoms with van der Waals surface area (Å²) in [6.45, 7) is 4.98. The summed E-state index contributed by atoms with van der Waals surface area (Å²) in [5.41, 5.74) is 6.45. The lowest BCUT2D eigenvalue weighted by molar-refractivity contribution is 0.658. The number of aryl methyl sites for hydroxylation is 1. The van der Waals surface area contributed by atoms with Crippen LogP contribution in [-0.4, -0.2) is 24.7 Å². The van der Waals surface area contributed by atoms with Gasteiger partial charge in [-0.2, -0.15) is 5.10 Å². The van der Waals surface area contributed by atoms with E-state index in [4.69, 9.17) is 5.10 Å². The molecule has 25 heavy (non-hydrogen) atoms. The van der Waals surface area contributed by atoms with Crippen LogP contribution in [0.25, 0.3) is 33.5 Å². The summed E-state index contributed by atoms with van der Waals surface area (Å²) < 4.78 is 2.13. The predicted molar refractivity (Wildman–Crippen MR) is 100 cm³/mol. The van der Waals surface area contributed by atoms with Gasteiger partial charge >= 0.3 is 0 Å². The van der Waals surface area contributed by atoms with Gasteiger partial charge in [-0.25, -0.2) is 4.98 Å². The lowest BCUT2D eigenvalue weighted by Crippen LogP contribution is -1.94. The molecule has 1 aliphatic heterocycles. The number of hydrogen-bond donors (Lipinski definition) is 1. The van der Waals surface area contributed by atoms with Crippen LogP contribution in [0.5, 0.6) is 0 Å². The Morgan fingerprint density at radius 3 is 2.76 bits per heavy atom. The van der Waals surface area contributed by atoms with E-state index in [0.29, 0.717) is 0 Å². The van der Waals surface area contributed by atoms with Crippen molar-refractivity contribution in [3.63, 3.8) is 0 Å². The first kappa shape index (κ1) is 15.6. The van der Waals surface area contributed by atoms with Crippen LogP contribution in [0, 0.1) is 0 Å². The Morgan fingerprint density at radius 1 is 1.04 bits per heavy atom. The lowest BCUT2D eigenvalue weighted by Gasteiger charge is -2.03. The average molecular weight is 331 g/mol. The van der Waals surface area contributed by atoms with Gasteiger partial charge < -0.3 is 4.98 Å². The molecule has 0 atom stereocenters. The molecule has 126 valence electrons. The van der Waals surface area contributed by atoms with E-state index in [2.05, 4.69) is 25.7 Å². The summed E-state index contributed by atoms with van der Waals surface area (Å²) in [5.74, 6) is 0. The van der Waals surface area contributed by atoms with Crippen LogP contribution in [-0.2, 0) is 13.0 Å². The minimum absolute atomic E-state index is 0.910. The van der Waals surface area contributed by atoms with Gasteiger partial charge in [0.25, 0.3) is 0 Å². The van der Waals surface area contributed by atoms with E-state index in [1.54, 1.807) is 0 Å². The Labute approximate surface area is 146 Å². The monoisotopic (exact) mass is 331 g/mol. The molecule has 5 heterocycles. The maximum Gasteiger partial charge on any atom is 0.137 e. The molecule has 0 aromatic carbocycles. The highest BCUT2D eigenvalue weighted by atomic mass is 15.3. The molecule has 0 fully saturated rings. The van der Waals surface area contributed by atoms with Gasteiger partial charge in [0.05, 0.1) is 5.69 Å². The van der Waals surface area contributed by atoms with Crippen molar-refractivity contribution in [2.45, 2.75) is 33.2 Å². The van der Waals surface area contributed by atoms with Crippen LogP contribution in [0.3, 0.4) is 0 Å². The topological polar surface area (TPSA) is 59.4 Å². The van der Waals surface area contributed by atoms with Crippen molar-refractivity contribution in [3.05, 3.63) is 54.6 Å². The van der Waals surface area contributed by atoms with E-state index in [1.807, 2.05) is 56.7 Å². The van der Waals surface area contributed by atoms with E-state index in [0.717, 1.165) is 47.4 Å². The summed E-state index contributed by atoms with van der Waals surface area (Å²) >= 11 is 0. The molecule has 0 spiro atoms. The van der Waals surface area contributed by atoms with Crippen molar-refractivity contribution >= 4 is 11.0 Å². The molecule has 1 N–H and O–H groups in total.